The zero-order valence-corrected chi connectivity index (χ0v) is 11.4. The molecule has 0 spiro atoms. The standard InChI is InChI=1S/C15H19NOS/c1-2-5-15(6-3-1)7-4-13-18-14-10-16-8-11-17-12-9-16/h1-3,5-6H,8-14H2. The Morgan fingerprint density at radius 2 is 1.94 bits per heavy atom. The third-order valence-electron chi connectivity index (χ3n) is 2.84. The molecule has 0 N–H and O–H groups in total. The predicted molar refractivity (Wildman–Crippen MR) is 77.9 cm³/mol. The smallest absolute Gasteiger partial charge is 0.0594 e. The molecule has 2 rings (SSSR count). The number of hydrogen-bond acceptors (Lipinski definition) is 3. The summed E-state index contributed by atoms with van der Waals surface area (Å²) in [6.07, 6.45) is 0. The molecule has 1 aliphatic heterocycles. The number of benzene rings is 1. The van der Waals surface area contributed by atoms with Crippen molar-refractivity contribution in [1.82, 2.24) is 4.90 Å². The third kappa shape index (κ3) is 5.14. The van der Waals surface area contributed by atoms with Gasteiger partial charge in [-0.3, -0.25) is 4.90 Å². The summed E-state index contributed by atoms with van der Waals surface area (Å²) in [4.78, 5) is 2.46. The number of hydrogen-bond donors (Lipinski definition) is 0. The normalized spacial score (nSPS) is 16.0. The van der Waals surface area contributed by atoms with Gasteiger partial charge in [-0.25, -0.2) is 0 Å². The molecule has 0 unspecified atom stereocenters. The molecule has 96 valence electrons. The SMILES string of the molecule is C(#Cc1ccccc1)CSCCN1CCOCC1. The lowest BCUT2D eigenvalue weighted by atomic mass is 10.2. The molecule has 0 aliphatic carbocycles. The zero-order valence-electron chi connectivity index (χ0n) is 10.6. The van der Waals surface area contributed by atoms with Crippen LogP contribution in [0.4, 0.5) is 0 Å². The summed E-state index contributed by atoms with van der Waals surface area (Å²) in [6.45, 7) is 5.09. The first kappa shape index (κ1) is 13.5. The van der Waals surface area contributed by atoms with Crippen molar-refractivity contribution in [2.24, 2.45) is 0 Å². The van der Waals surface area contributed by atoms with E-state index >= 15 is 0 Å². The van der Waals surface area contributed by atoms with Gasteiger partial charge >= 0.3 is 0 Å². The number of thioether (sulfide) groups is 1. The van der Waals surface area contributed by atoms with E-state index in [-0.39, 0.29) is 0 Å². The van der Waals surface area contributed by atoms with Crippen LogP contribution in [0.1, 0.15) is 5.56 Å². The summed E-state index contributed by atoms with van der Waals surface area (Å²) in [5.41, 5.74) is 1.10. The Morgan fingerprint density at radius 3 is 2.72 bits per heavy atom. The summed E-state index contributed by atoms with van der Waals surface area (Å²) in [6, 6.07) is 10.2. The molecule has 2 nitrogen and oxygen atoms in total. The van der Waals surface area contributed by atoms with Crippen LogP contribution in [0.3, 0.4) is 0 Å². The van der Waals surface area contributed by atoms with Crippen molar-refractivity contribution in [3.63, 3.8) is 0 Å². The average Bonchev–Trinajstić information content (AvgIpc) is 2.45. The van der Waals surface area contributed by atoms with E-state index in [0.29, 0.717) is 0 Å². The van der Waals surface area contributed by atoms with Gasteiger partial charge in [-0.05, 0) is 12.1 Å². The summed E-state index contributed by atoms with van der Waals surface area (Å²) < 4.78 is 5.32. The highest BCUT2D eigenvalue weighted by Gasteiger charge is 2.08. The predicted octanol–water partition coefficient (Wildman–Crippen LogP) is 2.10. The summed E-state index contributed by atoms with van der Waals surface area (Å²) in [7, 11) is 0. The molecular formula is C15H19NOS. The average molecular weight is 261 g/mol. The Morgan fingerprint density at radius 1 is 1.17 bits per heavy atom. The number of morpholine rings is 1. The van der Waals surface area contributed by atoms with Crippen molar-refractivity contribution in [3.8, 4) is 11.8 Å². The van der Waals surface area contributed by atoms with Gasteiger partial charge in [-0.2, -0.15) is 0 Å². The van der Waals surface area contributed by atoms with Crippen LogP contribution >= 0.6 is 11.8 Å². The van der Waals surface area contributed by atoms with Crippen LogP contribution < -0.4 is 0 Å². The minimum absolute atomic E-state index is 0.887. The van der Waals surface area contributed by atoms with Crippen LogP contribution in [0.2, 0.25) is 0 Å². The maximum atomic E-state index is 5.32. The maximum Gasteiger partial charge on any atom is 0.0594 e. The van der Waals surface area contributed by atoms with Crippen LogP contribution in [-0.2, 0) is 4.74 Å². The minimum atomic E-state index is 0.887. The van der Waals surface area contributed by atoms with Gasteiger partial charge in [0, 0.05) is 31.0 Å². The maximum absolute atomic E-state index is 5.32. The fourth-order valence-electron chi connectivity index (χ4n) is 1.80. The van der Waals surface area contributed by atoms with Gasteiger partial charge in [0.15, 0.2) is 0 Å². The van der Waals surface area contributed by atoms with E-state index in [1.807, 2.05) is 42.1 Å². The molecule has 0 radical (unpaired) electrons. The second-order valence-corrected chi connectivity index (χ2v) is 5.28. The molecule has 1 fully saturated rings. The van der Waals surface area contributed by atoms with Crippen molar-refractivity contribution in [2.75, 3.05) is 44.4 Å². The van der Waals surface area contributed by atoms with Gasteiger partial charge in [0.25, 0.3) is 0 Å². The Bertz CT molecular complexity index is 390. The Kier molecular flexibility index (Phi) is 6.14. The zero-order chi connectivity index (χ0) is 12.5. The van der Waals surface area contributed by atoms with Gasteiger partial charge < -0.3 is 4.74 Å². The monoisotopic (exact) mass is 261 g/mol. The molecule has 1 saturated heterocycles. The number of rotatable bonds is 4. The van der Waals surface area contributed by atoms with E-state index < -0.39 is 0 Å². The van der Waals surface area contributed by atoms with E-state index in [1.54, 1.807) is 0 Å². The Labute approximate surface area is 114 Å². The lowest BCUT2D eigenvalue weighted by Gasteiger charge is -2.26. The number of ether oxygens (including phenoxy) is 1. The van der Waals surface area contributed by atoms with Crippen molar-refractivity contribution in [3.05, 3.63) is 35.9 Å². The Hall–Kier alpha value is -0.950. The lowest BCUT2D eigenvalue weighted by molar-refractivity contribution is 0.0410. The second-order valence-electron chi connectivity index (χ2n) is 4.17. The molecule has 0 bridgehead atoms. The second kappa shape index (κ2) is 8.20. The van der Waals surface area contributed by atoms with Gasteiger partial charge in [0.1, 0.15) is 0 Å². The van der Waals surface area contributed by atoms with Crippen LogP contribution in [0.15, 0.2) is 30.3 Å². The van der Waals surface area contributed by atoms with Crippen molar-refractivity contribution >= 4 is 11.8 Å². The molecule has 0 saturated carbocycles. The van der Waals surface area contributed by atoms with Crippen molar-refractivity contribution in [2.45, 2.75) is 0 Å². The van der Waals surface area contributed by atoms with Crippen LogP contribution in [-0.4, -0.2) is 49.3 Å². The van der Waals surface area contributed by atoms with E-state index in [2.05, 4.69) is 16.7 Å². The highest BCUT2D eigenvalue weighted by Crippen LogP contribution is 2.03. The van der Waals surface area contributed by atoms with Crippen LogP contribution in [0.5, 0.6) is 0 Å². The highest BCUT2D eigenvalue weighted by atomic mass is 32.2. The lowest BCUT2D eigenvalue weighted by Crippen LogP contribution is -2.37. The fourth-order valence-corrected chi connectivity index (χ4v) is 2.51. The first-order valence-electron chi connectivity index (χ1n) is 6.37. The van der Waals surface area contributed by atoms with E-state index in [4.69, 9.17) is 4.74 Å². The summed E-state index contributed by atoms with van der Waals surface area (Å²) in [5, 5.41) is 0. The molecule has 1 aromatic rings. The summed E-state index contributed by atoms with van der Waals surface area (Å²) >= 11 is 1.91. The molecule has 1 aliphatic rings. The van der Waals surface area contributed by atoms with Crippen LogP contribution in [0, 0.1) is 11.8 Å². The molecule has 1 aromatic carbocycles. The molecular weight excluding hydrogens is 242 g/mol. The molecule has 3 heteroatoms. The van der Waals surface area contributed by atoms with Crippen LogP contribution in [0.25, 0.3) is 0 Å². The quantitative estimate of drug-likeness (QED) is 0.608. The minimum Gasteiger partial charge on any atom is -0.379 e. The third-order valence-corrected chi connectivity index (χ3v) is 3.66. The van der Waals surface area contributed by atoms with Gasteiger partial charge in [0.05, 0.1) is 19.0 Å². The molecule has 0 amide bonds. The molecule has 1 heterocycles. The molecule has 0 aromatic heterocycles. The first-order valence-corrected chi connectivity index (χ1v) is 7.52. The van der Waals surface area contributed by atoms with E-state index in [9.17, 15) is 0 Å². The molecule has 0 atom stereocenters. The fraction of sp³-hybridized carbons (Fsp3) is 0.467. The van der Waals surface area contributed by atoms with Gasteiger partial charge in [0.2, 0.25) is 0 Å². The largest absolute Gasteiger partial charge is 0.379 e. The van der Waals surface area contributed by atoms with Gasteiger partial charge in [-0.15, -0.1) is 11.8 Å². The van der Waals surface area contributed by atoms with Gasteiger partial charge in [-0.1, -0.05) is 30.0 Å². The molecule has 18 heavy (non-hydrogen) atoms. The Balaban J connectivity index is 1.57. The topological polar surface area (TPSA) is 12.5 Å². The van der Waals surface area contributed by atoms with Crippen molar-refractivity contribution < 1.29 is 4.74 Å². The van der Waals surface area contributed by atoms with Crippen molar-refractivity contribution in [1.29, 1.82) is 0 Å². The van der Waals surface area contributed by atoms with E-state index in [0.717, 1.165) is 49.9 Å². The highest BCUT2D eigenvalue weighted by molar-refractivity contribution is 7.99. The first-order chi connectivity index (χ1) is 8.95. The van der Waals surface area contributed by atoms with E-state index in [1.165, 1.54) is 0 Å². The number of nitrogens with zero attached hydrogens (tertiary/aromatic N) is 1. The summed E-state index contributed by atoms with van der Waals surface area (Å²) in [5.74, 6) is 8.46.